The third kappa shape index (κ3) is 6.43. The molecule has 2 N–H and O–H groups in total. The van der Waals surface area contributed by atoms with Crippen molar-refractivity contribution in [3.8, 4) is 11.5 Å². The Bertz CT molecular complexity index is 1110. The summed E-state index contributed by atoms with van der Waals surface area (Å²) in [5, 5.41) is 6.08. The minimum absolute atomic E-state index is 0.0152. The second-order valence-electron chi connectivity index (χ2n) is 8.59. The van der Waals surface area contributed by atoms with Crippen LogP contribution in [0.1, 0.15) is 71.4 Å². The maximum absolute atomic E-state index is 13.0. The van der Waals surface area contributed by atoms with Gasteiger partial charge in [0.2, 0.25) is 0 Å². The van der Waals surface area contributed by atoms with E-state index < -0.39 is 11.9 Å². The molecule has 2 amide bonds. The van der Waals surface area contributed by atoms with Gasteiger partial charge in [-0.05, 0) is 68.1 Å². The largest absolute Gasteiger partial charge is 0.423 e. The van der Waals surface area contributed by atoms with Crippen LogP contribution in [-0.4, -0.2) is 35.8 Å². The number of hydrogen-bond acceptors (Lipinski definition) is 6. The molecule has 0 spiro atoms. The molecule has 0 aromatic heterocycles. The van der Waals surface area contributed by atoms with Crippen LogP contribution >= 0.6 is 0 Å². The first-order valence-electron chi connectivity index (χ1n) is 11.3. The first-order valence-corrected chi connectivity index (χ1v) is 11.3. The highest BCUT2D eigenvalue weighted by molar-refractivity contribution is 5.96. The van der Waals surface area contributed by atoms with Gasteiger partial charge in [-0.25, -0.2) is 0 Å². The maximum Gasteiger partial charge on any atom is 0.308 e. The average molecular weight is 467 g/mol. The van der Waals surface area contributed by atoms with E-state index in [1.807, 2.05) is 26.0 Å². The molecule has 1 aliphatic carbocycles. The van der Waals surface area contributed by atoms with Gasteiger partial charge < -0.3 is 20.1 Å². The van der Waals surface area contributed by atoms with Gasteiger partial charge in [-0.2, -0.15) is 0 Å². The zero-order valence-electron chi connectivity index (χ0n) is 19.9. The second kappa shape index (κ2) is 11.0. The first kappa shape index (κ1) is 25.0. The van der Waals surface area contributed by atoms with Crippen LogP contribution in [0, 0.1) is 13.8 Å². The van der Waals surface area contributed by atoms with Gasteiger partial charge in [-0.3, -0.25) is 19.2 Å². The Morgan fingerprint density at radius 3 is 1.74 bits per heavy atom. The van der Waals surface area contributed by atoms with Crippen molar-refractivity contribution in [3.63, 3.8) is 0 Å². The number of rotatable bonds is 6. The fraction of sp³-hybridized carbons (Fsp3) is 0.385. The first-order chi connectivity index (χ1) is 16.1. The van der Waals surface area contributed by atoms with Crippen LogP contribution in [0.4, 0.5) is 0 Å². The fourth-order valence-electron chi connectivity index (χ4n) is 3.99. The third-order valence-electron chi connectivity index (χ3n) is 5.88. The van der Waals surface area contributed by atoms with E-state index in [4.69, 9.17) is 9.47 Å². The minimum atomic E-state index is -0.604. The van der Waals surface area contributed by atoms with Crippen molar-refractivity contribution < 1.29 is 28.7 Å². The lowest BCUT2D eigenvalue weighted by Crippen LogP contribution is -2.53. The van der Waals surface area contributed by atoms with Gasteiger partial charge in [0, 0.05) is 37.1 Å². The number of carbonyl (C=O) groups is 4. The van der Waals surface area contributed by atoms with Crippen molar-refractivity contribution in [3.05, 3.63) is 58.7 Å². The molecule has 1 saturated carbocycles. The molecule has 2 unspecified atom stereocenters. The van der Waals surface area contributed by atoms with E-state index in [-0.39, 0.29) is 41.0 Å². The molecule has 0 bridgehead atoms. The summed E-state index contributed by atoms with van der Waals surface area (Å²) in [4.78, 5) is 48.6. The van der Waals surface area contributed by atoms with Gasteiger partial charge in [-0.15, -0.1) is 0 Å². The minimum Gasteiger partial charge on any atom is -0.423 e. The van der Waals surface area contributed by atoms with Crippen LogP contribution in [0.3, 0.4) is 0 Å². The van der Waals surface area contributed by atoms with Crippen molar-refractivity contribution >= 4 is 23.8 Å². The standard InChI is InChI=1S/C26H30N2O6/c1-15-9-10-19(13-16(15)2)25(31)27-21-7-5-6-8-22(21)28-26(32)20-11-12-23(33-17(3)29)24(14-20)34-18(4)30/h9-14,21-22H,5-8H2,1-4H3,(H,27,31)(H,28,32). The van der Waals surface area contributed by atoms with Gasteiger partial charge >= 0.3 is 11.9 Å². The SMILES string of the molecule is CC(=O)Oc1ccc(C(=O)NC2CCCCC2NC(=O)c2ccc(C)c(C)c2)cc1OC(C)=O. The highest BCUT2D eigenvalue weighted by Gasteiger charge is 2.29. The van der Waals surface area contributed by atoms with Crippen LogP contribution in [0.15, 0.2) is 36.4 Å². The molecule has 0 radical (unpaired) electrons. The summed E-state index contributed by atoms with van der Waals surface area (Å²) in [5.74, 6) is -1.69. The highest BCUT2D eigenvalue weighted by Crippen LogP contribution is 2.29. The van der Waals surface area contributed by atoms with Gasteiger partial charge in [0.15, 0.2) is 11.5 Å². The van der Waals surface area contributed by atoms with E-state index >= 15 is 0 Å². The van der Waals surface area contributed by atoms with E-state index in [2.05, 4.69) is 10.6 Å². The number of benzene rings is 2. The number of nitrogens with one attached hydrogen (secondary N) is 2. The van der Waals surface area contributed by atoms with Crippen molar-refractivity contribution in [2.24, 2.45) is 0 Å². The molecule has 8 nitrogen and oxygen atoms in total. The summed E-state index contributed by atoms with van der Waals surface area (Å²) in [6.07, 6.45) is 3.38. The normalized spacial score (nSPS) is 17.4. The summed E-state index contributed by atoms with van der Waals surface area (Å²) < 4.78 is 10.2. The molecule has 34 heavy (non-hydrogen) atoms. The smallest absolute Gasteiger partial charge is 0.308 e. The van der Waals surface area contributed by atoms with Gasteiger partial charge in [0.1, 0.15) is 0 Å². The van der Waals surface area contributed by atoms with Gasteiger partial charge in [0.25, 0.3) is 11.8 Å². The fourth-order valence-corrected chi connectivity index (χ4v) is 3.99. The predicted molar refractivity (Wildman–Crippen MR) is 126 cm³/mol. The third-order valence-corrected chi connectivity index (χ3v) is 5.88. The van der Waals surface area contributed by atoms with Gasteiger partial charge in [0.05, 0.1) is 0 Å². The zero-order valence-corrected chi connectivity index (χ0v) is 19.9. The number of aryl methyl sites for hydroxylation is 2. The lowest BCUT2D eigenvalue weighted by atomic mass is 9.89. The Labute approximate surface area is 199 Å². The number of carbonyl (C=O) groups excluding carboxylic acids is 4. The van der Waals surface area contributed by atoms with Crippen molar-refractivity contribution in [1.29, 1.82) is 0 Å². The summed E-state index contributed by atoms with van der Waals surface area (Å²) >= 11 is 0. The Balaban J connectivity index is 1.73. The summed E-state index contributed by atoms with van der Waals surface area (Å²) in [7, 11) is 0. The maximum atomic E-state index is 13.0. The van der Waals surface area contributed by atoms with Crippen molar-refractivity contribution in [2.45, 2.75) is 65.5 Å². The molecule has 0 aliphatic heterocycles. The van der Waals surface area contributed by atoms with Crippen LogP contribution in [0.5, 0.6) is 11.5 Å². The molecule has 8 heteroatoms. The van der Waals surface area contributed by atoms with Gasteiger partial charge in [-0.1, -0.05) is 18.9 Å². The quantitative estimate of drug-likeness (QED) is 0.497. The Morgan fingerprint density at radius 1 is 0.706 bits per heavy atom. The van der Waals surface area contributed by atoms with Crippen LogP contribution in [0.25, 0.3) is 0 Å². The van der Waals surface area contributed by atoms with Crippen molar-refractivity contribution in [2.75, 3.05) is 0 Å². The van der Waals surface area contributed by atoms with Crippen LogP contribution in [0.2, 0.25) is 0 Å². The molecular formula is C26H30N2O6. The lowest BCUT2D eigenvalue weighted by molar-refractivity contribution is -0.134. The molecule has 180 valence electrons. The lowest BCUT2D eigenvalue weighted by Gasteiger charge is -2.33. The summed E-state index contributed by atoms with van der Waals surface area (Å²) in [5.41, 5.74) is 3.00. The van der Waals surface area contributed by atoms with E-state index in [0.29, 0.717) is 5.56 Å². The number of amides is 2. The van der Waals surface area contributed by atoms with Crippen LogP contribution < -0.4 is 20.1 Å². The van der Waals surface area contributed by atoms with Crippen LogP contribution in [-0.2, 0) is 9.59 Å². The molecule has 2 aromatic carbocycles. The molecular weight excluding hydrogens is 436 g/mol. The molecule has 0 saturated heterocycles. The van der Waals surface area contributed by atoms with E-state index in [0.717, 1.165) is 36.8 Å². The number of esters is 2. The molecule has 1 fully saturated rings. The van der Waals surface area contributed by atoms with E-state index in [1.165, 1.54) is 32.0 Å². The Hall–Kier alpha value is -3.68. The molecule has 3 rings (SSSR count). The highest BCUT2D eigenvalue weighted by atomic mass is 16.6. The van der Waals surface area contributed by atoms with E-state index in [1.54, 1.807) is 6.07 Å². The molecule has 2 atom stereocenters. The summed E-state index contributed by atoms with van der Waals surface area (Å²) in [6, 6.07) is 9.39. The van der Waals surface area contributed by atoms with E-state index in [9.17, 15) is 19.2 Å². The molecule has 1 aliphatic rings. The average Bonchev–Trinajstić information content (AvgIpc) is 2.77. The van der Waals surface area contributed by atoms with Crippen molar-refractivity contribution in [1.82, 2.24) is 10.6 Å². The second-order valence-corrected chi connectivity index (χ2v) is 8.59. The topological polar surface area (TPSA) is 111 Å². The number of hydrogen-bond donors (Lipinski definition) is 2. The molecule has 0 heterocycles. The Kier molecular flexibility index (Phi) is 8.04. The summed E-state index contributed by atoms with van der Waals surface area (Å²) in [6.45, 7) is 6.41. The Morgan fingerprint density at radius 2 is 1.21 bits per heavy atom. The molecule has 2 aromatic rings. The monoisotopic (exact) mass is 466 g/mol. The number of ether oxygens (including phenoxy) is 2. The zero-order chi connectivity index (χ0) is 24.8. The predicted octanol–water partition coefficient (Wildman–Crippen LogP) is 3.63.